The maximum atomic E-state index is 12.8. The molecule has 2 aliphatic rings. The quantitative estimate of drug-likeness (QED) is 0.631. The van der Waals surface area contributed by atoms with E-state index in [1.165, 1.54) is 4.90 Å². The Kier molecular flexibility index (Phi) is 4.12. The molecule has 0 radical (unpaired) electrons. The average Bonchev–Trinajstić information content (AvgIpc) is 2.45. The Morgan fingerprint density at radius 2 is 1.95 bits per heavy atom. The molecule has 0 aromatic rings. The molecular formula is C15H20N2O3. The summed E-state index contributed by atoms with van der Waals surface area (Å²) < 4.78 is 0. The summed E-state index contributed by atoms with van der Waals surface area (Å²) in [5, 5.41) is 2.35. The molecule has 2 fully saturated rings. The van der Waals surface area contributed by atoms with Crippen molar-refractivity contribution >= 4 is 17.8 Å². The van der Waals surface area contributed by atoms with Gasteiger partial charge in [-0.1, -0.05) is 26.2 Å². The van der Waals surface area contributed by atoms with Crippen molar-refractivity contribution in [1.82, 2.24) is 10.2 Å². The molecule has 1 atom stereocenters. The summed E-state index contributed by atoms with van der Waals surface area (Å²) in [6.07, 6.45) is 9.97. The number of nitrogens with one attached hydrogen (secondary N) is 1. The maximum Gasteiger partial charge on any atom is 0.331 e. The lowest BCUT2D eigenvalue weighted by Crippen LogP contribution is -2.66. The minimum Gasteiger partial charge on any atom is -0.277 e. The third-order valence-electron chi connectivity index (χ3n) is 4.40. The minimum atomic E-state index is -1.05. The Morgan fingerprint density at radius 3 is 2.50 bits per heavy atom. The normalized spacial score (nSPS) is 23.4. The maximum absolute atomic E-state index is 12.8. The van der Waals surface area contributed by atoms with Gasteiger partial charge in [-0.3, -0.25) is 19.8 Å². The first kappa shape index (κ1) is 14.6. The number of carbonyl (C=O) groups is 3. The van der Waals surface area contributed by atoms with Crippen LogP contribution in [0.15, 0.2) is 0 Å². The second-order valence-corrected chi connectivity index (χ2v) is 5.55. The lowest BCUT2D eigenvalue weighted by molar-refractivity contribution is -0.155. The van der Waals surface area contributed by atoms with E-state index in [9.17, 15) is 14.4 Å². The number of urea groups is 1. The van der Waals surface area contributed by atoms with Crippen molar-refractivity contribution in [3.05, 3.63) is 0 Å². The van der Waals surface area contributed by atoms with Crippen molar-refractivity contribution in [3.8, 4) is 12.3 Å². The van der Waals surface area contributed by atoms with Gasteiger partial charge in [0.25, 0.3) is 0 Å². The predicted molar refractivity (Wildman–Crippen MR) is 73.4 cm³/mol. The number of amides is 4. The van der Waals surface area contributed by atoms with E-state index in [-0.39, 0.29) is 11.9 Å². The molecule has 0 aromatic heterocycles. The molecule has 1 unspecified atom stereocenters. The number of hydrogen-bond acceptors (Lipinski definition) is 3. The van der Waals surface area contributed by atoms with Gasteiger partial charge in [0, 0.05) is 6.42 Å². The van der Waals surface area contributed by atoms with Crippen molar-refractivity contribution in [1.29, 1.82) is 0 Å². The zero-order valence-corrected chi connectivity index (χ0v) is 11.8. The molecule has 108 valence electrons. The van der Waals surface area contributed by atoms with Crippen LogP contribution in [0.5, 0.6) is 0 Å². The number of imide groups is 2. The van der Waals surface area contributed by atoms with Gasteiger partial charge >= 0.3 is 6.03 Å². The van der Waals surface area contributed by atoms with Crippen molar-refractivity contribution < 1.29 is 14.4 Å². The fraction of sp³-hybridized carbons (Fsp3) is 0.667. The van der Waals surface area contributed by atoms with Crippen molar-refractivity contribution in [2.45, 2.75) is 57.9 Å². The summed E-state index contributed by atoms with van der Waals surface area (Å²) in [5.41, 5.74) is -1.05. The van der Waals surface area contributed by atoms with Crippen molar-refractivity contribution in [2.75, 3.05) is 0 Å². The predicted octanol–water partition coefficient (Wildman–Crippen LogP) is 1.82. The highest BCUT2D eigenvalue weighted by Crippen LogP contribution is 2.40. The van der Waals surface area contributed by atoms with E-state index >= 15 is 0 Å². The first-order valence-electron chi connectivity index (χ1n) is 7.19. The molecule has 5 heteroatoms. The van der Waals surface area contributed by atoms with Crippen molar-refractivity contribution in [2.24, 2.45) is 5.41 Å². The number of barbiturate groups is 1. The summed E-state index contributed by atoms with van der Waals surface area (Å²) in [7, 11) is 0. The highest BCUT2D eigenvalue weighted by atomic mass is 16.2. The van der Waals surface area contributed by atoms with Crippen LogP contribution in [0.4, 0.5) is 4.79 Å². The molecule has 1 aliphatic carbocycles. The van der Waals surface area contributed by atoms with Gasteiger partial charge in [-0.25, -0.2) is 4.79 Å². The summed E-state index contributed by atoms with van der Waals surface area (Å²) in [6.45, 7) is 1.88. The Labute approximate surface area is 119 Å². The van der Waals surface area contributed by atoms with Gasteiger partial charge in [-0.2, -0.15) is 0 Å². The summed E-state index contributed by atoms with van der Waals surface area (Å²) in [4.78, 5) is 38.2. The molecule has 1 heterocycles. The Morgan fingerprint density at radius 1 is 1.30 bits per heavy atom. The Hall–Kier alpha value is -1.83. The van der Waals surface area contributed by atoms with E-state index in [1.807, 2.05) is 6.92 Å². The molecule has 4 amide bonds. The van der Waals surface area contributed by atoms with Gasteiger partial charge in [0.1, 0.15) is 5.41 Å². The van der Waals surface area contributed by atoms with Crippen LogP contribution < -0.4 is 5.32 Å². The Bertz CT molecular complexity index is 472. The molecular weight excluding hydrogens is 256 g/mol. The van der Waals surface area contributed by atoms with Gasteiger partial charge < -0.3 is 0 Å². The van der Waals surface area contributed by atoms with Crippen LogP contribution >= 0.6 is 0 Å². The first-order valence-corrected chi connectivity index (χ1v) is 7.19. The molecule has 1 aliphatic heterocycles. The van der Waals surface area contributed by atoms with E-state index in [0.29, 0.717) is 25.7 Å². The highest BCUT2D eigenvalue weighted by Gasteiger charge is 2.54. The zero-order valence-electron chi connectivity index (χ0n) is 11.8. The van der Waals surface area contributed by atoms with Crippen LogP contribution in [0.1, 0.15) is 51.9 Å². The summed E-state index contributed by atoms with van der Waals surface area (Å²) >= 11 is 0. The molecule has 1 saturated carbocycles. The fourth-order valence-electron chi connectivity index (χ4n) is 3.18. The van der Waals surface area contributed by atoms with Crippen LogP contribution in [-0.4, -0.2) is 28.8 Å². The first-order chi connectivity index (χ1) is 9.56. The van der Waals surface area contributed by atoms with E-state index in [2.05, 4.69) is 11.2 Å². The fourth-order valence-corrected chi connectivity index (χ4v) is 3.18. The van der Waals surface area contributed by atoms with Crippen LogP contribution in [0.3, 0.4) is 0 Å². The van der Waals surface area contributed by atoms with E-state index in [0.717, 1.165) is 19.3 Å². The molecule has 20 heavy (non-hydrogen) atoms. The highest BCUT2D eigenvalue weighted by molar-refractivity contribution is 6.19. The van der Waals surface area contributed by atoms with E-state index in [4.69, 9.17) is 6.42 Å². The van der Waals surface area contributed by atoms with Crippen LogP contribution in [0, 0.1) is 17.8 Å². The summed E-state index contributed by atoms with van der Waals surface area (Å²) in [6, 6.07) is -0.960. The van der Waals surface area contributed by atoms with Gasteiger partial charge in [-0.05, 0) is 19.3 Å². The molecule has 0 bridgehead atoms. The molecule has 1 saturated heterocycles. The van der Waals surface area contributed by atoms with Crippen LogP contribution in [0.25, 0.3) is 0 Å². The van der Waals surface area contributed by atoms with E-state index in [1.54, 1.807) is 0 Å². The SMILES string of the molecule is C#CCC(CC)N1C(=O)NC(=O)C2(CCCCC2)C1=O. The second kappa shape index (κ2) is 5.66. The van der Waals surface area contributed by atoms with Crippen LogP contribution in [0.2, 0.25) is 0 Å². The van der Waals surface area contributed by atoms with Crippen molar-refractivity contribution in [3.63, 3.8) is 0 Å². The summed E-state index contributed by atoms with van der Waals surface area (Å²) in [5.74, 6) is 1.72. The topological polar surface area (TPSA) is 66.5 Å². The lowest BCUT2D eigenvalue weighted by Gasteiger charge is -2.43. The standard InChI is InChI=1S/C15H20N2O3/c1-3-8-11(4-2)17-13(19)15(9-6-5-7-10-15)12(18)16-14(17)20/h1,11H,4-10H2,2H3,(H,16,18,20). The molecule has 0 aromatic carbocycles. The van der Waals surface area contributed by atoms with Gasteiger partial charge in [0.15, 0.2) is 0 Å². The third kappa shape index (κ3) is 2.20. The second-order valence-electron chi connectivity index (χ2n) is 5.55. The van der Waals surface area contributed by atoms with E-state index < -0.39 is 17.4 Å². The smallest absolute Gasteiger partial charge is 0.277 e. The lowest BCUT2D eigenvalue weighted by atomic mass is 9.71. The number of terminal acetylenes is 1. The van der Waals surface area contributed by atoms with Gasteiger partial charge in [0.05, 0.1) is 6.04 Å². The van der Waals surface area contributed by atoms with Crippen LogP contribution in [-0.2, 0) is 9.59 Å². The molecule has 1 spiro atoms. The molecule has 2 rings (SSSR count). The van der Waals surface area contributed by atoms with Gasteiger partial charge in [-0.15, -0.1) is 12.3 Å². The third-order valence-corrected chi connectivity index (χ3v) is 4.40. The minimum absolute atomic E-state index is 0.319. The number of hydrogen-bond donors (Lipinski definition) is 1. The Balaban J connectivity index is 2.33. The average molecular weight is 276 g/mol. The molecule has 5 nitrogen and oxygen atoms in total. The largest absolute Gasteiger partial charge is 0.331 e. The number of nitrogens with zero attached hydrogens (tertiary/aromatic N) is 1. The monoisotopic (exact) mass is 276 g/mol. The number of carbonyl (C=O) groups excluding carboxylic acids is 3. The zero-order chi connectivity index (χ0) is 14.8. The molecule has 1 N–H and O–H groups in total. The number of rotatable bonds is 3. The van der Waals surface area contributed by atoms with Gasteiger partial charge in [0.2, 0.25) is 11.8 Å².